The number of para-hydroxylation sites is 1. The van der Waals surface area contributed by atoms with Crippen molar-refractivity contribution in [2.45, 2.75) is 6.04 Å². The SMILES string of the molecule is COc1cccc(C(=O)NCC(c2ccccc2OC)N2CCOCC2)c1. The molecule has 0 aliphatic carbocycles. The Morgan fingerprint density at radius 1 is 1.11 bits per heavy atom. The van der Waals surface area contributed by atoms with Crippen molar-refractivity contribution in [2.24, 2.45) is 0 Å². The second-order valence-electron chi connectivity index (χ2n) is 6.35. The molecule has 6 heteroatoms. The topological polar surface area (TPSA) is 60.0 Å². The van der Waals surface area contributed by atoms with Gasteiger partial charge in [0.1, 0.15) is 11.5 Å². The molecule has 1 saturated heterocycles. The average molecular weight is 370 g/mol. The third-order valence-corrected chi connectivity index (χ3v) is 4.77. The number of methoxy groups -OCH3 is 2. The van der Waals surface area contributed by atoms with Crippen LogP contribution in [0.15, 0.2) is 48.5 Å². The molecular weight excluding hydrogens is 344 g/mol. The first-order valence-corrected chi connectivity index (χ1v) is 9.10. The van der Waals surface area contributed by atoms with Crippen LogP contribution in [0.3, 0.4) is 0 Å². The van der Waals surface area contributed by atoms with Crippen molar-refractivity contribution in [3.05, 3.63) is 59.7 Å². The summed E-state index contributed by atoms with van der Waals surface area (Å²) in [6.07, 6.45) is 0. The molecule has 0 saturated carbocycles. The molecule has 2 aromatic rings. The van der Waals surface area contributed by atoms with Gasteiger partial charge in [-0.05, 0) is 24.3 Å². The molecule has 2 aromatic carbocycles. The van der Waals surface area contributed by atoms with Crippen LogP contribution in [0.2, 0.25) is 0 Å². The number of hydrogen-bond donors (Lipinski definition) is 1. The fraction of sp³-hybridized carbons (Fsp3) is 0.381. The lowest BCUT2D eigenvalue weighted by Crippen LogP contribution is -2.44. The summed E-state index contributed by atoms with van der Waals surface area (Å²) < 4.78 is 16.2. The largest absolute Gasteiger partial charge is 0.497 e. The summed E-state index contributed by atoms with van der Waals surface area (Å²) in [5, 5.41) is 3.06. The first kappa shape index (κ1) is 19.2. The molecule has 144 valence electrons. The summed E-state index contributed by atoms with van der Waals surface area (Å²) in [6.45, 7) is 3.50. The number of nitrogens with one attached hydrogen (secondary N) is 1. The van der Waals surface area contributed by atoms with Gasteiger partial charge in [0.05, 0.1) is 33.5 Å². The Balaban J connectivity index is 1.77. The van der Waals surface area contributed by atoms with Crippen molar-refractivity contribution >= 4 is 5.91 Å². The quantitative estimate of drug-likeness (QED) is 0.812. The number of ether oxygens (including phenoxy) is 3. The predicted molar refractivity (Wildman–Crippen MR) is 103 cm³/mol. The smallest absolute Gasteiger partial charge is 0.251 e. The molecule has 0 spiro atoms. The Kier molecular flexibility index (Phi) is 6.68. The van der Waals surface area contributed by atoms with E-state index in [0.29, 0.717) is 31.1 Å². The van der Waals surface area contributed by atoms with E-state index in [1.165, 1.54) is 0 Å². The summed E-state index contributed by atoms with van der Waals surface area (Å²) in [6, 6.07) is 15.1. The van der Waals surface area contributed by atoms with Gasteiger partial charge < -0.3 is 19.5 Å². The van der Waals surface area contributed by atoms with Crippen LogP contribution in [0.1, 0.15) is 22.0 Å². The number of benzene rings is 2. The molecule has 1 aliphatic rings. The summed E-state index contributed by atoms with van der Waals surface area (Å²) >= 11 is 0. The Morgan fingerprint density at radius 2 is 1.89 bits per heavy atom. The minimum Gasteiger partial charge on any atom is -0.497 e. The molecule has 0 bridgehead atoms. The summed E-state index contributed by atoms with van der Waals surface area (Å²) in [4.78, 5) is 15.0. The van der Waals surface area contributed by atoms with Crippen LogP contribution < -0.4 is 14.8 Å². The van der Waals surface area contributed by atoms with Crippen LogP contribution >= 0.6 is 0 Å². The second kappa shape index (κ2) is 9.39. The van der Waals surface area contributed by atoms with E-state index in [0.717, 1.165) is 24.4 Å². The van der Waals surface area contributed by atoms with Crippen LogP contribution in [-0.4, -0.2) is 57.9 Å². The molecule has 0 aromatic heterocycles. The van der Waals surface area contributed by atoms with Crippen LogP contribution in [0, 0.1) is 0 Å². The number of carbonyl (C=O) groups is 1. The van der Waals surface area contributed by atoms with Gasteiger partial charge in [-0.1, -0.05) is 24.3 Å². The van der Waals surface area contributed by atoms with E-state index >= 15 is 0 Å². The minimum atomic E-state index is -0.123. The second-order valence-corrected chi connectivity index (χ2v) is 6.35. The molecular formula is C21H26N2O4. The molecule has 6 nitrogen and oxygen atoms in total. The van der Waals surface area contributed by atoms with Gasteiger partial charge in [-0.2, -0.15) is 0 Å². The molecule has 27 heavy (non-hydrogen) atoms. The number of nitrogens with zero attached hydrogens (tertiary/aromatic N) is 1. The van der Waals surface area contributed by atoms with E-state index in [4.69, 9.17) is 14.2 Å². The lowest BCUT2D eigenvalue weighted by molar-refractivity contribution is 0.0157. The number of carbonyl (C=O) groups excluding carboxylic acids is 1. The minimum absolute atomic E-state index is 0.0135. The first-order chi connectivity index (χ1) is 13.2. The molecule has 1 aliphatic heterocycles. The number of amides is 1. The van der Waals surface area contributed by atoms with Crippen LogP contribution in [0.4, 0.5) is 0 Å². The molecule has 1 amide bonds. The third kappa shape index (κ3) is 4.78. The molecule has 1 heterocycles. The van der Waals surface area contributed by atoms with Crippen LogP contribution in [0.5, 0.6) is 11.5 Å². The van der Waals surface area contributed by atoms with Crippen LogP contribution in [0.25, 0.3) is 0 Å². The molecule has 1 unspecified atom stereocenters. The third-order valence-electron chi connectivity index (χ3n) is 4.77. The van der Waals surface area contributed by atoms with E-state index in [-0.39, 0.29) is 11.9 Å². The number of rotatable bonds is 7. The van der Waals surface area contributed by atoms with E-state index in [1.807, 2.05) is 30.3 Å². The predicted octanol–water partition coefficient (Wildman–Crippen LogP) is 2.51. The van der Waals surface area contributed by atoms with E-state index < -0.39 is 0 Å². The van der Waals surface area contributed by atoms with Gasteiger partial charge in [0.25, 0.3) is 5.91 Å². The maximum Gasteiger partial charge on any atom is 0.251 e. The summed E-state index contributed by atoms with van der Waals surface area (Å²) in [5.74, 6) is 1.36. The van der Waals surface area contributed by atoms with Crippen molar-refractivity contribution in [3.63, 3.8) is 0 Å². The van der Waals surface area contributed by atoms with E-state index in [9.17, 15) is 4.79 Å². The Bertz CT molecular complexity index is 759. The summed E-state index contributed by atoms with van der Waals surface area (Å²) in [7, 11) is 3.26. The van der Waals surface area contributed by atoms with Gasteiger partial charge in [-0.15, -0.1) is 0 Å². The molecule has 0 radical (unpaired) electrons. The van der Waals surface area contributed by atoms with Gasteiger partial charge >= 0.3 is 0 Å². The van der Waals surface area contributed by atoms with Crippen LogP contribution in [-0.2, 0) is 4.74 Å². The van der Waals surface area contributed by atoms with Crippen molar-refractivity contribution in [1.82, 2.24) is 10.2 Å². The number of hydrogen-bond acceptors (Lipinski definition) is 5. The van der Waals surface area contributed by atoms with Gasteiger partial charge in [0, 0.05) is 30.8 Å². The van der Waals surface area contributed by atoms with Gasteiger partial charge in [-0.3, -0.25) is 9.69 Å². The lowest BCUT2D eigenvalue weighted by atomic mass is 10.0. The Hall–Kier alpha value is -2.57. The van der Waals surface area contributed by atoms with Crippen molar-refractivity contribution < 1.29 is 19.0 Å². The first-order valence-electron chi connectivity index (χ1n) is 9.10. The Morgan fingerprint density at radius 3 is 2.63 bits per heavy atom. The number of morpholine rings is 1. The average Bonchev–Trinajstić information content (AvgIpc) is 2.75. The summed E-state index contributed by atoms with van der Waals surface area (Å²) in [5.41, 5.74) is 1.64. The zero-order chi connectivity index (χ0) is 19.1. The van der Waals surface area contributed by atoms with Crippen molar-refractivity contribution in [2.75, 3.05) is 47.1 Å². The standard InChI is InChI=1S/C21H26N2O4/c1-25-17-7-5-6-16(14-17)21(24)22-15-19(23-10-12-27-13-11-23)18-8-3-4-9-20(18)26-2/h3-9,14,19H,10-13,15H2,1-2H3,(H,22,24). The highest BCUT2D eigenvalue weighted by atomic mass is 16.5. The highest BCUT2D eigenvalue weighted by molar-refractivity contribution is 5.94. The molecule has 1 atom stereocenters. The van der Waals surface area contributed by atoms with Crippen molar-refractivity contribution in [1.29, 1.82) is 0 Å². The maximum atomic E-state index is 12.6. The lowest BCUT2D eigenvalue weighted by Gasteiger charge is -2.35. The van der Waals surface area contributed by atoms with Gasteiger partial charge in [-0.25, -0.2) is 0 Å². The van der Waals surface area contributed by atoms with Gasteiger partial charge in [0.15, 0.2) is 0 Å². The zero-order valence-electron chi connectivity index (χ0n) is 15.8. The highest BCUT2D eigenvalue weighted by Crippen LogP contribution is 2.29. The monoisotopic (exact) mass is 370 g/mol. The zero-order valence-corrected chi connectivity index (χ0v) is 15.8. The normalized spacial score (nSPS) is 15.8. The highest BCUT2D eigenvalue weighted by Gasteiger charge is 2.25. The fourth-order valence-corrected chi connectivity index (χ4v) is 3.32. The van der Waals surface area contributed by atoms with E-state index in [1.54, 1.807) is 26.4 Å². The molecule has 1 N–H and O–H groups in total. The maximum absolute atomic E-state index is 12.6. The van der Waals surface area contributed by atoms with Gasteiger partial charge in [0.2, 0.25) is 0 Å². The van der Waals surface area contributed by atoms with Crippen molar-refractivity contribution in [3.8, 4) is 11.5 Å². The molecule has 3 rings (SSSR count). The molecule has 1 fully saturated rings. The van der Waals surface area contributed by atoms with E-state index in [2.05, 4.69) is 16.3 Å². The Labute approximate surface area is 160 Å². The fourth-order valence-electron chi connectivity index (χ4n) is 3.32.